The molecule has 0 radical (unpaired) electrons. The van der Waals surface area contributed by atoms with E-state index in [2.05, 4.69) is 31.1 Å². The van der Waals surface area contributed by atoms with Crippen molar-refractivity contribution in [3.63, 3.8) is 0 Å². The van der Waals surface area contributed by atoms with Gasteiger partial charge >= 0.3 is 0 Å². The molecule has 0 saturated carbocycles. The number of halogens is 1. The van der Waals surface area contributed by atoms with Crippen molar-refractivity contribution < 1.29 is 9.53 Å². The van der Waals surface area contributed by atoms with Crippen LogP contribution in [-0.2, 0) is 0 Å². The summed E-state index contributed by atoms with van der Waals surface area (Å²) < 4.78 is 5.97. The summed E-state index contributed by atoms with van der Waals surface area (Å²) in [5.41, 5.74) is 0.599. The van der Waals surface area contributed by atoms with E-state index < -0.39 is 0 Å². The van der Waals surface area contributed by atoms with Crippen LogP contribution in [0.3, 0.4) is 0 Å². The number of piperidine rings is 1. The molecule has 2 heterocycles. The molecule has 1 amide bonds. The van der Waals surface area contributed by atoms with Gasteiger partial charge in [-0.25, -0.2) is 4.98 Å². The number of carbonyl (C=O) groups is 1. The summed E-state index contributed by atoms with van der Waals surface area (Å²) in [4.78, 5) is 19.2. The number of carbonyl (C=O) groups excluding carboxylic acids is 1. The van der Waals surface area contributed by atoms with Crippen LogP contribution in [0.2, 0.25) is 0 Å². The first-order chi connectivity index (χ1) is 11.7. The Morgan fingerprint density at radius 1 is 1.54 bits per heavy atom. The van der Waals surface area contributed by atoms with Gasteiger partial charge < -0.3 is 15.0 Å². The Morgan fingerprint density at radius 3 is 3.17 bits per heavy atom. The second kappa shape index (κ2) is 7.98. The first kappa shape index (κ1) is 17.2. The number of amides is 1. The second-order valence-electron chi connectivity index (χ2n) is 5.82. The van der Waals surface area contributed by atoms with E-state index in [1.165, 1.54) is 0 Å². The van der Waals surface area contributed by atoms with Crippen LogP contribution < -0.4 is 15.0 Å². The maximum atomic E-state index is 12.5. The molecule has 1 N–H and O–H groups in total. The number of thiazole rings is 1. The molecule has 2 aromatic rings. The van der Waals surface area contributed by atoms with E-state index in [-0.39, 0.29) is 5.91 Å². The van der Waals surface area contributed by atoms with Gasteiger partial charge in [0.2, 0.25) is 0 Å². The standard InChI is InChI=1S/C17H20BrN3O2S/c1-23-13-4-5-15(18)14(9-13)16(22)20-10-12-3-2-7-21(11-12)17-19-6-8-24-17/h4-6,8-9,12H,2-3,7,10-11H2,1H3,(H,20,22). The third kappa shape index (κ3) is 4.08. The molecular weight excluding hydrogens is 390 g/mol. The second-order valence-corrected chi connectivity index (χ2v) is 7.55. The minimum absolute atomic E-state index is 0.0767. The van der Waals surface area contributed by atoms with Crippen molar-refractivity contribution in [2.75, 3.05) is 31.6 Å². The van der Waals surface area contributed by atoms with Crippen LogP contribution in [0.5, 0.6) is 5.75 Å². The van der Waals surface area contributed by atoms with Crippen LogP contribution in [0.1, 0.15) is 23.2 Å². The average Bonchev–Trinajstić information content (AvgIpc) is 3.15. The largest absolute Gasteiger partial charge is 0.497 e. The molecule has 128 valence electrons. The Hall–Kier alpha value is -1.60. The van der Waals surface area contributed by atoms with Crippen LogP contribution in [0.25, 0.3) is 0 Å². The minimum atomic E-state index is -0.0767. The topological polar surface area (TPSA) is 54.5 Å². The zero-order valence-corrected chi connectivity index (χ0v) is 15.9. The van der Waals surface area contributed by atoms with Crippen molar-refractivity contribution in [2.45, 2.75) is 12.8 Å². The summed E-state index contributed by atoms with van der Waals surface area (Å²) in [6.45, 7) is 2.65. The first-order valence-corrected chi connectivity index (χ1v) is 9.61. The number of rotatable bonds is 5. The zero-order valence-electron chi connectivity index (χ0n) is 13.5. The van der Waals surface area contributed by atoms with E-state index in [1.807, 2.05) is 23.7 Å². The fourth-order valence-electron chi connectivity index (χ4n) is 2.92. The minimum Gasteiger partial charge on any atom is -0.497 e. The highest BCUT2D eigenvalue weighted by Crippen LogP contribution is 2.25. The SMILES string of the molecule is COc1ccc(Br)c(C(=O)NCC2CCCN(c3nccs3)C2)c1. The lowest BCUT2D eigenvalue weighted by Crippen LogP contribution is -2.41. The van der Waals surface area contributed by atoms with Crippen molar-refractivity contribution in [2.24, 2.45) is 5.92 Å². The van der Waals surface area contributed by atoms with Crippen molar-refractivity contribution in [3.8, 4) is 5.75 Å². The van der Waals surface area contributed by atoms with Crippen molar-refractivity contribution >= 4 is 38.3 Å². The van der Waals surface area contributed by atoms with Gasteiger partial charge in [0, 0.05) is 35.7 Å². The van der Waals surface area contributed by atoms with Gasteiger partial charge in [0.1, 0.15) is 5.75 Å². The number of methoxy groups -OCH3 is 1. The van der Waals surface area contributed by atoms with E-state index in [0.29, 0.717) is 23.8 Å². The van der Waals surface area contributed by atoms with Gasteiger partial charge in [-0.3, -0.25) is 4.79 Å². The maximum absolute atomic E-state index is 12.5. The third-order valence-electron chi connectivity index (χ3n) is 4.18. The predicted octanol–water partition coefficient (Wildman–Crippen LogP) is 3.56. The Labute approximate surface area is 154 Å². The highest BCUT2D eigenvalue weighted by atomic mass is 79.9. The van der Waals surface area contributed by atoms with E-state index >= 15 is 0 Å². The molecule has 1 saturated heterocycles. The number of ether oxygens (including phenoxy) is 1. The van der Waals surface area contributed by atoms with E-state index in [9.17, 15) is 4.79 Å². The van der Waals surface area contributed by atoms with Crippen LogP contribution in [0.15, 0.2) is 34.2 Å². The lowest BCUT2D eigenvalue weighted by atomic mass is 9.98. The van der Waals surface area contributed by atoms with Crippen LogP contribution in [-0.4, -0.2) is 37.6 Å². The summed E-state index contributed by atoms with van der Waals surface area (Å²) in [5.74, 6) is 1.04. The third-order valence-corrected chi connectivity index (χ3v) is 5.70. The molecule has 1 aliphatic rings. The first-order valence-electron chi connectivity index (χ1n) is 7.93. The lowest BCUT2D eigenvalue weighted by Gasteiger charge is -2.32. The van der Waals surface area contributed by atoms with Gasteiger partial charge in [-0.15, -0.1) is 11.3 Å². The van der Waals surface area contributed by atoms with Crippen LogP contribution >= 0.6 is 27.3 Å². The summed E-state index contributed by atoms with van der Waals surface area (Å²) in [5, 5.41) is 6.13. The fourth-order valence-corrected chi connectivity index (χ4v) is 4.02. The molecular formula is C17H20BrN3O2S. The molecule has 5 nitrogen and oxygen atoms in total. The van der Waals surface area contributed by atoms with Gasteiger partial charge in [0.15, 0.2) is 5.13 Å². The Bertz CT molecular complexity index is 693. The number of hydrogen-bond donors (Lipinski definition) is 1. The number of nitrogens with zero attached hydrogens (tertiary/aromatic N) is 2. The number of hydrogen-bond acceptors (Lipinski definition) is 5. The molecule has 1 fully saturated rings. The summed E-state index contributed by atoms with van der Waals surface area (Å²) in [7, 11) is 1.60. The summed E-state index contributed by atoms with van der Waals surface area (Å²) >= 11 is 5.10. The van der Waals surface area contributed by atoms with Gasteiger partial charge in [0.25, 0.3) is 5.91 Å². The number of benzene rings is 1. The van der Waals surface area contributed by atoms with Crippen molar-refractivity contribution in [1.29, 1.82) is 0 Å². The molecule has 1 atom stereocenters. The lowest BCUT2D eigenvalue weighted by molar-refractivity contribution is 0.0944. The Balaban J connectivity index is 1.58. The average molecular weight is 410 g/mol. The molecule has 1 aliphatic heterocycles. The molecule has 24 heavy (non-hydrogen) atoms. The molecule has 1 unspecified atom stereocenters. The van der Waals surface area contributed by atoms with Crippen molar-refractivity contribution in [3.05, 3.63) is 39.8 Å². The molecule has 1 aromatic heterocycles. The smallest absolute Gasteiger partial charge is 0.252 e. The Kier molecular flexibility index (Phi) is 5.73. The molecule has 3 rings (SSSR count). The van der Waals surface area contributed by atoms with Crippen molar-refractivity contribution in [1.82, 2.24) is 10.3 Å². The molecule has 1 aromatic carbocycles. The number of aromatic nitrogens is 1. The normalized spacial score (nSPS) is 17.6. The number of nitrogens with one attached hydrogen (secondary N) is 1. The highest BCUT2D eigenvalue weighted by Gasteiger charge is 2.22. The van der Waals surface area contributed by atoms with Gasteiger partial charge in [0.05, 0.1) is 12.7 Å². The van der Waals surface area contributed by atoms with Gasteiger partial charge in [-0.2, -0.15) is 0 Å². The van der Waals surface area contributed by atoms with Crippen LogP contribution in [0.4, 0.5) is 5.13 Å². The van der Waals surface area contributed by atoms with E-state index in [0.717, 1.165) is 35.5 Å². The van der Waals surface area contributed by atoms with Gasteiger partial charge in [-0.1, -0.05) is 0 Å². The number of anilines is 1. The monoisotopic (exact) mass is 409 g/mol. The van der Waals surface area contributed by atoms with Gasteiger partial charge in [-0.05, 0) is 52.9 Å². The highest BCUT2D eigenvalue weighted by molar-refractivity contribution is 9.10. The van der Waals surface area contributed by atoms with E-state index in [4.69, 9.17) is 4.74 Å². The zero-order chi connectivity index (χ0) is 16.9. The van der Waals surface area contributed by atoms with Crippen LogP contribution in [0, 0.1) is 5.92 Å². The Morgan fingerprint density at radius 2 is 2.42 bits per heavy atom. The quantitative estimate of drug-likeness (QED) is 0.819. The summed E-state index contributed by atoms with van der Waals surface area (Å²) in [6, 6.07) is 5.41. The molecule has 0 aliphatic carbocycles. The predicted molar refractivity (Wildman–Crippen MR) is 100 cm³/mol. The molecule has 7 heteroatoms. The van der Waals surface area contributed by atoms with E-state index in [1.54, 1.807) is 24.5 Å². The summed E-state index contributed by atoms with van der Waals surface area (Å²) in [6.07, 6.45) is 4.09. The molecule has 0 bridgehead atoms. The maximum Gasteiger partial charge on any atom is 0.252 e. The fraction of sp³-hybridized carbons (Fsp3) is 0.412. The molecule has 0 spiro atoms.